The van der Waals surface area contributed by atoms with Crippen molar-refractivity contribution in [2.75, 3.05) is 18.4 Å². The van der Waals surface area contributed by atoms with E-state index in [9.17, 15) is 4.79 Å². The number of anilines is 1. The number of carbonyl (C=O) groups is 1. The van der Waals surface area contributed by atoms with Crippen LogP contribution >= 0.6 is 11.3 Å². The van der Waals surface area contributed by atoms with Crippen molar-refractivity contribution in [1.82, 2.24) is 9.88 Å². The summed E-state index contributed by atoms with van der Waals surface area (Å²) in [4.78, 5) is 20.8. The molecule has 23 heavy (non-hydrogen) atoms. The molecule has 0 atom stereocenters. The summed E-state index contributed by atoms with van der Waals surface area (Å²) >= 11 is 1.62. The summed E-state index contributed by atoms with van der Waals surface area (Å²) in [6.45, 7) is 5.26. The van der Waals surface area contributed by atoms with E-state index in [1.165, 1.54) is 22.4 Å². The molecule has 2 aliphatic rings. The molecule has 2 heterocycles. The molecule has 1 aromatic heterocycles. The lowest BCUT2D eigenvalue weighted by atomic mass is 10.1. The molecule has 1 aliphatic carbocycles. The molecule has 0 spiro atoms. The quantitative estimate of drug-likeness (QED) is 0.941. The second kappa shape index (κ2) is 6.06. The lowest BCUT2D eigenvalue weighted by Crippen LogP contribution is -2.29. The van der Waals surface area contributed by atoms with E-state index in [1.54, 1.807) is 11.3 Å². The van der Waals surface area contributed by atoms with Gasteiger partial charge in [-0.25, -0.2) is 4.98 Å². The highest BCUT2D eigenvalue weighted by Gasteiger charge is 2.21. The number of aromatic nitrogens is 1. The van der Waals surface area contributed by atoms with E-state index in [2.05, 4.69) is 28.2 Å². The Morgan fingerprint density at radius 1 is 1.30 bits per heavy atom. The highest BCUT2D eigenvalue weighted by atomic mass is 32.1. The Morgan fingerprint density at radius 2 is 2.17 bits per heavy atom. The van der Waals surface area contributed by atoms with Gasteiger partial charge in [-0.2, -0.15) is 0 Å². The van der Waals surface area contributed by atoms with Crippen molar-refractivity contribution in [3.63, 3.8) is 0 Å². The third-order valence-electron chi connectivity index (χ3n) is 4.84. The predicted octanol–water partition coefficient (Wildman–Crippen LogP) is 3.26. The van der Waals surface area contributed by atoms with Crippen LogP contribution in [-0.2, 0) is 25.8 Å². The van der Waals surface area contributed by atoms with Gasteiger partial charge in [-0.1, -0.05) is 13.0 Å². The monoisotopic (exact) mass is 327 g/mol. The van der Waals surface area contributed by atoms with Crippen LogP contribution in [0.4, 0.5) is 5.13 Å². The average molecular weight is 327 g/mol. The Morgan fingerprint density at radius 3 is 3.04 bits per heavy atom. The summed E-state index contributed by atoms with van der Waals surface area (Å²) in [7, 11) is 0. The number of aryl methyl sites for hydroxylation is 2. The van der Waals surface area contributed by atoms with Gasteiger partial charge in [0.2, 0.25) is 0 Å². The number of thiazole rings is 1. The zero-order valence-electron chi connectivity index (χ0n) is 13.4. The van der Waals surface area contributed by atoms with Crippen LogP contribution < -0.4 is 5.32 Å². The predicted molar refractivity (Wildman–Crippen MR) is 93.2 cm³/mol. The third-order valence-corrected chi connectivity index (χ3v) is 5.84. The van der Waals surface area contributed by atoms with Crippen LogP contribution in [0.25, 0.3) is 0 Å². The van der Waals surface area contributed by atoms with Gasteiger partial charge in [0, 0.05) is 30.0 Å². The number of benzene rings is 1. The third kappa shape index (κ3) is 2.91. The molecular formula is C18H21N3OS. The van der Waals surface area contributed by atoms with Crippen LogP contribution in [-0.4, -0.2) is 28.9 Å². The molecule has 0 saturated carbocycles. The minimum absolute atomic E-state index is 0.0434. The van der Waals surface area contributed by atoms with Crippen molar-refractivity contribution in [2.45, 2.75) is 39.2 Å². The highest BCUT2D eigenvalue weighted by molar-refractivity contribution is 7.15. The molecule has 1 aromatic carbocycles. The van der Waals surface area contributed by atoms with Gasteiger partial charge in [0.1, 0.15) is 0 Å². The van der Waals surface area contributed by atoms with Crippen molar-refractivity contribution in [3.8, 4) is 0 Å². The molecule has 0 saturated heterocycles. The topological polar surface area (TPSA) is 45.2 Å². The molecule has 1 amide bonds. The molecule has 4 nitrogen and oxygen atoms in total. The molecule has 0 fully saturated rings. The lowest BCUT2D eigenvalue weighted by Gasteiger charge is -2.23. The molecular weight excluding hydrogens is 306 g/mol. The SMILES string of the molecule is CCN1CCc2nc(NC(=O)c3ccc4c(c3)CCC4)sc2C1. The number of rotatable bonds is 3. The molecule has 1 aliphatic heterocycles. The first kappa shape index (κ1) is 14.8. The van der Waals surface area contributed by atoms with Crippen LogP contribution in [0, 0.1) is 0 Å². The average Bonchev–Trinajstić information content (AvgIpc) is 3.18. The minimum Gasteiger partial charge on any atom is -0.298 e. The summed E-state index contributed by atoms with van der Waals surface area (Å²) in [5.74, 6) is -0.0434. The van der Waals surface area contributed by atoms with Crippen LogP contribution in [0.15, 0.2) is 18.2 Å². The zero-order valence-corrected chi connectivity index (χ0v) is 14.2. The summed E-state index contributed by atoms with van der Waals surface area (Å²) in [5, 5.41) is 3.72. The minimum atomic E-state index is -0.0434. The lowest BCUT2D eigenvalue weighted by molar-refractivity contribution is 0.102. The van der Waals surface area contributed by atoms with Gasteiger partial charge >= 0.3 is 0 Å². The fraction of sp³-hybridized carbons (Fsp3) is 0.444. The second-order valence-electron chi connectivity index (χ2n) is 6.30. The van der Waals surface area contributed by atoms with E-state index in [4.69, 9.17) is 0 Å². The zero-order chi connectivity index (χ0) is 15.8. The normalized spacial score (nSPS) is 16.9. The Labute approximate surface area is 140 Å². The first-order chi connectivity index (χ1) is 11.2. The first-order valence-electron chi connectivity index (χ1n) is 8.37. The number of carbonyl (C=O) groups excluding carboxylic acids is 1. The van der Waals surface area contributed by atoms with Gasteiger partial charge < -0.3 is 0 Å². The van der Waals surface area contributed by atoms with Gasteiger partial charge in [-0.15, -0.1) is 11.3 Å². The maximum Gasteiger partial charge on any atom is 0.257 e. The van der Waals surface area contributed by atoms with E-state index in [-0.39, 0.29) is 5.91 Å². The summed E-state index contributed by atoms with van der Waals surface area (Å²) in [5.41, 5.74) is 4.62. The van der Waals surface area contributed by atoms with Crippen LogP contribution in [0.5, 0.6) is 0 Å². The summed E-state index contributed by atoms with van der Waals surface area (Å²) < 4.78 is 0. The van der Waals surface area contributed by atoms with E-state index < -0.39 is 0 Å². The summed E-state index contributed by atoms with van der Waals surface area (Å²) in [6.07, 6.45) is 4.42. The largest absolute Gasteiger partial charge is 0.298 e. The molecule has 120 valence electrons. The van der Waals surface area contributed by atoms with E-state index in [0.29, 0.717) is 0 Å². The smallest absolute Gasteiger partial charge is 0.257 e. The number of likely N-dealkylation sites (N-methyl/N-ethyl adjacent to an activating group) is 1. The molecule has 4 rings (SSSR count). The maximum absolute atomic E-state index is 12.5. The number of nitrogens with zero attached hydrogens (tertiary/aromatic N) is 2. The number of hydrogen-bond donors (Lipinski definition) is 1. The van der Waals surface area contributed by atoms with Gasteiger partial charge in [0.15, 0.2) is 5.13 Å². The molecule has 0 bridgehead atoms. The summed E-state index contributed by atoms with van der Waals surface area (Å²) in [6, 6.07) is 6.08. The van der Waals surface area contributed by atoms with E-state index >= 15 is 0 Å². The standard InChI is InChI=1S/C18H21N3OS/c1-2-21-9-8-15-16(11-21)23-18(19-15)20-17(22)14-7-6-12-4-3-5-13(12)10-14/h6-7,10H,2-5,8-9,11H2,1H3,(H,19,20,22). The molecule has 0 unspecified atom stereocenters. The Balaban J connectivity index is 1.50. The Kier molecular flexibility index (Phi) is 3.91. The van der Waals surface area contributed by atoms with Gasteiger partial charge in [-0.3, -0.25) is 15.0 Å². The molecule has 1 N–H and O–H groups in total. The fourth-order valence-electron chi connectivity index (χ4n) is 3.45. The van der Waals surface area contributed by atoms with Gasteiger partial charge in [0.25, 0.3) is 5.91 Å². The fourth-order valence-corrected chi connectivity index (χ4v) is 4.50. The number of hydrogen-bond acceptors (Lipinski definition) is 4. The molecule has 5 heteroatoms. The second-order valence-corrected chi connectivity index (χ2v) is 7.38. The van der Waals surface area contributed by atoms with Crippen molar-refractivity contribution in [2.24, 2.45) is 0 Å². The maximum atomic E-state index is 12.5. The van der Waals surface area contributed by atoms with E-state index in [1.807, 2.05) is 12.1 Å². The molecule has 0 radical (unpaired) electrons. The van der Waals surface area contributed by atoms with Gasteiger partial charge in [0.05, 0.1) is 5.69 Å². The highest BCUT2D eigenvalue weighted by Crippen LogP contribution is 2.29. The van der Waals surface area contributed by atoms with Crippen molar-refractivity contribution in [1.29, 1.82) is 0 Å². The van der Waals surface area contributed by atoms with Crippen LogP contribution in [0.3, 0.4) is 0 Å². The number of nitrogens with one attached hydrogen (secondary N) is 1. The molecule has 2 aromatic rings. The number of fused-ring (bicyclic) bond motifs is 2. The van der Waals surface area contributed by atoms with E-state index in [0.717, 1.165) is 55.3 Å². The van der Waals surface area contributed by atoms with Crippen LogP contribution in [0.2, 0.25) is 0 Å². The Hall–Kier alpha value is -1.72. The number of amides is 1. The van der Waals surface area contributed by atoms with Crippen molar-refractivity contribution in [3.05, 3.63) is 45.5 Å². The van der Waals surface area contributed by atoms with Crippen LogP contribution in [0.1, 0.15) is 45.4 Å². The van der Waals surface area contributed by atoms with Crippen molar-refractivity contribution < 1.29 is 4.79 Å². The Bertz CT molecular complexity index is 753. The van der Waals surface area contributed by atoms with Gasteiger partial charge in [-0.05, 0) is 49.1 Å². The first-order valence-corrected chi connectivity index (χ1v) is 9.18. The van der Waals surface area contributed by atoms with Crippen molar-refractivity contribution >= 4 is 22.4 Å².